The molecule has 21 heavy (non-hydrogen) atoms. The highest BCUT2D eigenvalue weighted by Crippen LogP contribution is 2.25. The van der Waals surface area contributed by atoms with Gasteiger partial charge in [-0.15, -0.1) is 0 Å². The van der Waals surface area contributed by atoms with Gasteiger partial charge in [-0.05, 0) is 31.3 Å². The van der Waals surface area contributed by atoms with E-state index in [2.05, 4.69) is 15.8 Å². The van der Waals surface area contributed by atoms with Gasteiger partial charge >= 0.3 is 5.69 Å². The molecule has 0 fully saturated rings. The largest absolute Gasteiger partial charge is 0.502 e. The van der Waals surface area contributed by atoms with Gasteiger partial charge in [-0.25, -0.2) is 0 Å². The Morgan fingerprint density at radius 2 is 2.38 bits per heavy atom. The monoisotopic (exact) mass is 312 g/mol. The van der Waals surface area contributed by atoms with Crippen LogP contribution in [0.3, 0.4) is 0 Å². The Morgan fingerprint density at radius 3 is 3.00 bits per heavy atom. The predicted octanol–water partition coefficient (Wildman–Crippen LogP) is 1.13. The zero-order chi connectivity index (χ0) is 15.8. The quantitative estimate of drug-likeness (QED) is 0.313. The van der Waals surface area contributed by atoms with Gasteiger partial charge in [-0.3, -0.25) is 15.5 Å². The minimum Gasteiger partial charge on any atom is -0.502 e. The number of methoxy groups -OCH3 is 1. The Morgan fingerprint density at radius 1 is 1.67 bits per heavy atom. The second-order valence-corrected chi connectivity index (χ2v) is 4.61. The fourth-order valence-electron chi connectivity index (χ4n) is 1.48. The van der Waals surface area contributed by atoms with E-state index in [4.69, 9.17) is 17.0 Å². The number of phenols is 1. The molecule has 0 aliphatic heterocycles. The highest BCUT2D eigenvalue weighted by atomic mass is 32.1. The topological polar surface area (TPSA) is 109 Å². The molecule has 0 aliphatic rings. The molecule has 0 heterocycles. The van der Waals surface area contributed by atoms with E-state index in [9.17, 15) is 15.2 Å². The van der Waals surface area contributed by atoms with Crippen LogP contribution in [0.15, 0.2) is 23.3 Å². The van der Waals surface area contributed by atoms with Gasteiger partial charge in [-0.2, -0.15) is 5.10 Å². The minimum atomic E-state index is -0.668. The van der Waals surface area contributed by atoms with E-state index in [-0.39, 0.29) is 11.7 Å². The van der Waals surface area contributed by atoms with Crippen molar-refractivity contribution in [2.24, 2.45) is 5.10 Å². The Bertz CT molecular complexity index is 550. The molecule has 8 nitrogen and oxygen atoms in total. The summed E-state index contributed by atoms with van der Waals surface area (Å²) in [6.07, 6.45) is 1.36. The first-order chi connectivity index (χ1) is 9.93. The second kappa shape index (κ2) is 8.12. The van der Waals surface area contributed by atoms with Gasteiger partial charge < -0.3 is 15.2 Å². The van der Waals surface area contributed by atoms with E-state index >= 15 is 0 Å². The zero-order valence-electron chi connectivity index (χ0n) is 11.6. The first-order valence-corrected chi connectivity index (χ1v) is 6.40. The number of ether oxygens (including phenoxy) is 1. The molecule has 114 valence electrons. The van der Waals surface area contributed by atoms with Crippen LogP contribution < -0.4 is 10.7 Å². The van der Waals surface area contributed by atoms with E-state index in [1.165, 1.54) is 24.4 Å². The number of benzene rings is 1. The molecule has 0 bridgehead atoms. The van der Waals surface area contributed by atoms with Crippen LogP contribution in [0, 0.1) is 10.1 Å². The van der Waals surface area contributed by atoms with Crippen LogP contribution in [0.5, 0.6) is 5.75 Å². The molecule has 1 aromatic rings. The van der Waals surface area contributed by atoms with Crippen molar-refractivity contribution in [2.75, 3.05) is 13.7 Å². The van der Waals surface area contributed by atoms with Crippen LogP contribution in [0.4, 0.5) is 5.69 Å². The van der Waals surface area contributed by atoms with Gasteiger partial charge in [0.05, 0.1) is 17.7 Å². The maximum absolute atomic E-state index is 10.7. The summed E-state index contributed by atoms with van der Waals surface area (Å²) in [4.78, 5) is 10.0. The number of nitrogens with zero attached hydrogens (tertiary/aromatic N) is 2. The highest BCUT2D eigenvalue weighted by molar-refractivity contribution is 7.80. The third kappa shape index (κ3) is 5.71. The minimum absolute atomic E-state index is 0.0277. The Labute approximate surface area is 127 Å². The molecule has 0 saturated heterocycles. The second-order valence-electron chi connectivity index (χ2n) is 4.21. The van der Waals surface area contributed by atoms with Crippen LogP contribution in [-0.4, -0.2) is 41.1 Å². The number of hydrogen-bond acceptors (Lipinski definition) is 6. The Balaban J connectivity index is 2.59. The molecular formula is C12H16N4O4S. The summed E-state index contributed by atoms with van der Waals surface area (Å²) < 4.78 is 4.95. The fraction of sp³-hybridized carbons (Fsp3) is 0.333. The lowest BCUT2D eigenvalue weighted by molar-refractivity contribution is -0.385. The number of hydrogen-bond donors (Lipinski definition) is 3. The number of nitro groups is 1. The van der Waals surface area contributed by atoms with Crippen molar-refractivity contribution in [1.29, 1.82) is 0 Å². The number of aromatic hydroxyl groups is 1. The van der Waals surface area contributed by atoms with Crippen molar-refractivity contribution in [3.8, 4) is 5.75 Å². The highest BCUT2D eigenvalue weighted by Gasteiger charge is 2.12. The fourth-order valence-corrected chi connectivity index (χ4v) is 1.73. The average Bonchev–Trinajstić information content (AvgIpc) is 2.40. The zero-order valence-corrected chi connectivity index (χ0v) is 12.4. The molecule has 0 unspecified atom stereocenters. The standard InChI is InChI=1S/C12H16N4O4S/c1-8(7-20-2)14-12(21)15-13-6-9-3-4-11(17)10(5-9)16(18)19/h3-6,8,17H,7H2,1-2H3,(H2,14,15,21)/b13-6-/t8-/m0/s1. The predicted molar refractivity (Wildman–Crippen MR) is 82.6 cm³/mol. The van der Waals surface area contributed by atoms with Crippen LogP contribution in [0.1, 0.15) is 12.5 Å². The average molecular weight is 312 g/mol. The molecule has 1 aromatic carbocycles. The van der Waals surface area contributed by atoms with Gasteiger partial charge in [0, 0.05) is 24.8 Å². The molecule has 0 saturated carbocycles. The van der Waals surface area contributed by atoms with Gasteiger partial charge in [0.2, 0.25) is 0 Å². The number of phenolic OH excluding ortho intramolecular Hbond substituents is 1. The lowest BCUT2D eigenvalue weighted by Crippen LogP contribution is -2.40. The molecule has 0 amide bonds. The summed E-state index contributed by atoms with van der Waals surface area (Å²) in [6, 6.07) is 3.97. The number of rotatable bonds is 6. The van der Waals surface area contributed by atoms with Crippen LogP contribution in [-0.2, 0) is 4.74 Å². The number of thiocarbonyl (C=S) groups is 1. The van der Waals surface area contributed by atoms with Crippen molar-refractivity contribution in [3.63, 3.8) is 0 Å². The van der Waals surface area contributed by atoms with Crippen molar-refractivity contribution in [3.05, 3.63) is 33.9 Å². The van der Waals surface area contributed by atoms with E-state index in [0.29, 0.717) is 17.3 Å². The molecule has 0 spiro atoms. The molecule has 0 radical (unpaired) electrons. The maximum atomic E-state index is 10.7. The number of nitro benzene ring substituents is 1. The smallest absolute Gasteiger partial charge is 0.311 e. The summed E-state index contributed by atoms with van der Waals surface area (Å²) in [5.74, 6) is -0.393. The van der Waals surface area contributed by atoms with Crippen molar-refractivity contribution < 1.29 is 14.8 Å². The molecular weight excluding hydrogens is 296 g/mol. The molecule has 1 rings (SSSR count). The third-order valence-electron chi connectivity index (χ3n) is 2.37. The van der Waals surface area contributed by atoms with E-state index < -0.39 is 10.7 Å². The van der Waals surface area contributed by atoms with E-state index in [1.54, 1.807) is 7.11 Å². The number of nitrogens with one attached hydrogen (secondary N) is 2. The third-order valence-corrected chi connectivity index (χ3v) is 2.58. The summed E-state index contributed by atoms with van der Waals surface area (Å²) in [5, 5.41) is 27.1. The molecule has 0 aromatic heterocycles. The van der Waals surface area contributed by atoms with Crippen molar-refractivity contribution >= 4 is 29.2 Å². The summed E-state index contributed by atoms with van der Waals surface area (Å²) in [6.45, 7) is 2.39. The van der Waals surface area contributed by atoms with Gasteiger partial charge in [0.25, 0.3) is 0 Å². The van der Waals surface area contributed by atoms with Crippen LogP contribution in [0.2, 0.25) is 0 Å². The van der Waals surface area contributed by atoms with Crippen LogP contribution >= 0.6 is 12.2 Å². The summed E-state index contributed by atoms with van der Waals surface area (Å²) in [7, 11) is 1.59. The van der Waals surface area contributed by atoms with Gasteiger partial charge in [-0.1, -0.05) is 0 Å². The van der Waals surface area contributed by atoms with Crippen molar-refractivity contribution in [2.45, 2.75) is 13.0 Å². The Kier molecular flexibility index (Phi) is 6.50. The normalized spacial score (nSPS) is 12.1. The lowest BCUT2D eigenvalue weighted by atomic mass is 10.2. The lowest BCUT2D eigenvalue weighted by Gasteiger charge is -2.13. The maximum Gasteiger partial charge on any atom is 0.311 e. The molecule has 1 atom stereocenters. The summed E-state index contributed by atoms with van der Waals surface area (Å²) >= 11 is 5.01. The first kappa shape index (κ1) is 16.8. The van der Waals surface area contributed by atoms with Gasteiger partial charge in [0.1, 0.15) is 0 Å². The first-order valence-electron chi connectivity index (χ1n) is 6.00. The molecule has 0 aliphatic carbocycles. The molecule has 3 N–H and O–H groups in total. The molecule has 9 heteroatoms. The van der Waals surface area contributed by atoms with E-state index in [1.807, 2.05) is 6.92 Å². The SMILES string of the molecule is COC[C@H](C)NC(=S)N/N=C\c1ccc(O)c([N+](=O)[O-])c1. The van der Waals surface area contributed by atoms with Crippen molar-refractivity contribution in [1.82, 2.24) is 10.7 Å². The van der Waals surface area contributed by atoms with Crippen LogP contribution in [0.25, 0.3) is 0 Å². The summed E-state index contributed by atoms with van der Waals surface area (Å²) in [5.41, 5.74) is 2.66. The van der Waals surface area contributed by atoms with Gasteiger partial charge in [0.15, 0.2) is 10.9 Å². The number of hydrazone groups is 1. The Hall–Kier alpha value is -2.26. The van der Waals surface area contributed by atoms with E-state index in [0.717, 1.165) is 0 Å².